The van der Waals surface area contributed by atoms with Crippen LogP contribution >= 0.6 is 11.8 Å². The van der Waals surface area contributed by atoms with Gasteiger partial charge in [-0.15, -0.1) is 11.8 Å². The van der Waals surface area contributed by atoms with Gasteiger partial charge in [0.2, 0.25) is 0 Å². The van der Waals surface area contributed by atoms with E-state index < -0.39 is 5.25 Å². The molecule has 1 heterocycles. The first-order valence-electron chi connectivity index (χ1n) is 9.82. The molecule has 2 N–H and O–H groups in total. The van der Waals surface area contributed by atoms with Gasteiger partial charge < -0.3 is 20.3 Å². The van der Waals surface area contributed by atoms with E-state index in [0.29, 0.717) is 31.5 Å². The maximum Gasteiger partial charge on any atom is 0.318 e. The van der Waals surface area contributed by atoms with E-state index in [1.165, 1.54) is 18.9 Å². The van der Waals surface area contributed by atoms with Crippen LogP contribution in [-0.4, -0.2) is 59.8 Å². The van der Waals surface area contributed by atoms with Gasteiger partial charge in [-0.1, -0.05) is 12.1 Å². The maximum absolute atomic E-state index is 12.8. The summed E-state index contributed by atoms with van der Waals surface area (Å²) in [5.41, 5.74) is 0.270. The van der Waals surface area contributed by atoms with Gasteiger partial charge in [0.1, 0.15) is 5.25 Å². The van der Waals surface area contributed by atoms with E-state index in [1.807, 2.05) is 32.9 Å². The number of ether oxygens (including phenoxy) is 1. The van der Waals surface area contributed by atoms with Gasteiger partial charge in [-0.2, -0.15) is 0 Å². The Morgan fingerprint density at radius 2 is 1.79 bits per heavy atom. The van der Waals surface area contributed by atoms with Crippen molar-refractivity contribution < 1.29 is 19.1 Å². The summed E-state index contributed by atoms with van der Waals surface area (Å²) in [6.45, 7) is 8.81. The molecule has 1 aromatic rings. The van der Waals surface area contributed by atoms with Gasteiger partial charge in [0, 0.05) is 29.6 Å². The van der Waals surface area contributed by atoms with Crippen molar-refractivity contribution in [3.05, 3.63) is 29.8 Å². The number of nitrogens with zero attached hydrogens (tertiary/aromatic N) is 1. The van der Waals surface area contributed by atoms with E-state index in [2.05, 4.69) is 10.6 Å². The number of hydrogen-bond acceptors (Lipinski definition) is 5. The van der Waals surface area contributed by atoms with Crippen molar-refractivity contribution in [2.24, 2.45) is 0 Å². The summed E-state index contributed by atoms with van der Waals surface area (Å²) in [6, 6.07) is 7.18. The van der Waals surface area contributed by atoms with E-state index in [9.17, 15) is 14.4 Å². The second-order valence-electron chi connectivity index (χ2n) is 8.19. The van der Waals surface area contributed by atoms with Crippen LogP contribution in [0, 0.1) is 0 Å². The zero-order valence-corrected chi connectivity index (χ0v) is 18.6. The quantitative estimate of drug-likeness (QED) is 0.564. The molecule has 2 rings (SSSR count). The first kappa shape index (κ1) is 23.1. The molecule has 0 saturated carbocycles. The third-order valence-corrected chi connectivity index (χ3v) is 5.72. The molecule has 29 heavy (non-hydrogen) atoms. The molecule has 1 unspecified atom stereocenters. The molecule has 3 amide bonds. The highest BCUT2D eigenvalue weighted by Crippen LogP contribution is 2.27. The number of nitrogens with one attached hydrogen (secondary N) is 2. The molecule has 0 aromatic heterocycles. The van der Waals surface area contributed by atoms with E-state index in [-0.39, 0.29) is 29.5 Å². The van der Waals surface area contributed by atoms with Crippen LogP contribution in [0.25, 0.3) is 0 Å². The van der Waals surface area contributed by atoms with Crippen LogP contribution in [0.3, 0.4) is 0 Å². The van der Waals surface area contributed by atoms with Gasteiger partial charge in [0.15, 0.2) is 0 Å². The zero-order chi connectivity index (χ0) is 21.6. The number of piperidine rings is 1. The summed E-state index contributed by atoms with van der Waals surface area (Å²) >= 11 is 1.31. The molecule has 1 aliphatic heterocycles. The molecule has 0 aliphatic carbocycles. The van der Waals surface area contributed by atoms with Crippen molar-refractivity contribution in [1.82, 2.24) is 15.5 Å². The van der Waals surface area contributed by atoms with Crippen molar-refractivity contribution in [3.63, 3.8) is 0 Å². The lowest BCUT2D eigenvalue weighted by atomic mass is 10.0. The van der Waals surface area contributed by atoms with Crippen LogP contribution in [-0.2, 0) is 9.53 Å². The molecule has 160 valence electrons. The molecule has 0 bridgehead atoms. The van der Waals surface area contributed by atoms with Gasteiger partial charge in [-0.3, -0.25) is 9.59 Å². The summed E-state index contributed by atoms with van der Waals surface area (Å²) in [4.78, 5) is 39.3. The predicted octanol–water partition coefficient (Wildman–Crippen LogP) is 3.04. The zero-order valence-electron chi connectivity index (χ0n) is 17.8. The standard InChI is InChI=1S/C21H31N3O4S/c1-14(19(26)28-5)29-17-9-7-6-8-16(17)18(25)22-15-10-12-24(13-11-15)20(27)23-21(2,3)4/h6-9,14-15H,10-13H2,1-5H3,(H,22,25)(H,23,27). The number of benzene rings is 1. The molecule has 0 radical (unpaired) electrons. The molecule has 1 aromatic carbocycles. The lowest BCUT2D eigenvalue weighted by Gasteiger charge is -2.34. The third kappa shape index (κ3) is 6.96. The Labute approximate surface area is 176 Å². The minimum atomic E-state index is -0.404. The summed E-state index contributed by atoms with van der Waals surface area (Å²) in [5, 5.41) is 5.64. The van der Waals surface area contributed by atoms with Gasteiger partial charge in [-0.25, -0.2) is 4.79 Å². The molecule has 8 heteroatoms. The SMILES string of the molecule is COC(=O)C(C)Sc1ccccc1C(=O)NC1CCN(C(=O)NC(C)(C)C)CC1. The highest BCUT2D eigenvalue weighted by molar-refractivity contribution is 8.00. The summed E-state index contributed by atoms with van der Waals surface area (Å²) in [6.07, 6.45) is 1.41. The largest absolute Gasteiger partial charge is 0.468 e. The van der Waals surface area contributed by atoms with E-state index >= 15 is 0 Å². The average molecular weight is 422 g/mol. The highest BCUT2D eigenvalue weighted by atomic mass is 32.2. The van der Waals surface area contributed by atoms with Gasteiger partial charge in [0.25, 0.3) is 5.91 Å². The average Bonchev–Trinajstić information content (AvgIpc) is 2.66. The fraction of sp³-hybridized carbons (Fsp3) is 0.571. The molecule has 1 atom stereocenters. The van der Waals surface area contributed by atoms with Crippen LogP contribution < -0.4 is 10.6 Å². The smallest absolute Gasteiger partial charge is 0.318 e. The molecule has 1 fully saturated rings. The molecular weight excluding hydrogens is 390 g/mol. The lowest BCUT2D eigenvalue weighted by Crippen LogP contribution is -2.53. The summed E-state index contributed by atoms with van der Waals surface area (Å²) in [5.74, 6) is -0.492. The minimum absolute atomic E-state index is 0.0114. The number of urea groups is 1. The Morgan fingerprint density at radius 3 is 2.38 bits per heavy atom. The van der Waals surface area contributed by atoms with Crippen LogP contribution in [0.1, 0.15) is 50.9 Å². The number of carbonyl (C=O) groups is 3. The summed E-state index contributed by atoms with van der Waals surface area (Å²) < 4.78 is 4.77. The normalized spacial score (nSPS) is 16.1. The Bertz CT molecular complexity index is 740. The van der Waals surface area contributed by atoms with Crippen molar-refractivity contribution in [1.29, 1.82) is 0 Å². The second-order valence-corrected chi connectivity index (χ2v) is 9.58. The van der Waals surface area contributed by atoms with Crippen LogP contribution in [0.4, 0.5) is 4.79 Å². The van der Waals surface area contributed by atoms with Gasteiger partial charge in [-0.05, 0) is 52.7 Å². The number of likely N-dealkylation sites (tertiary alicyclic amines) is 1. The van der Waals surface area contributed by atoms with Crippen LogP contribution in [0.15, 0.2) is 29.2 Å². The molecular formula is C21H31N3O4S. The number of hydrogen-bond donors (Lipinski definition) is 2. The molecule has 1 aliphatic rings. The lowest BCUT2D eigenvalue weighted by molar-refractivity contribution is -0.139. The fourth-order valence-corrected chi connectivity index (χ4v) is 4.07. The van der Waals surface area contributed by atoms with E-state index in [1.54, 1.807) is 24.0 Å². The predicted molar refractivity (Wildman–Crippen MR) is 114 cm³/mol. The second kappa shape index (κ2) is 10.0. The number of esters is 1. The van der Waals surface area contributed by atoms with Gasteiger partial charge in [0.05, 0.1) is 12.7 Å². The van der Waals surface area contributed by atoms with Crippen molar-refractivity contribution in [2.75, 3.05) is 20.2 Å². The number of thioether (sulfide) groups is 1. The highest BCUT2D eigenvalue weighted by Gasteiger charge is 2.27. The number of methoxy groups -OCH3 is 1. The van der Waals surface area contributed by atoms with Gasteiger partial charge >= 0.3 is 12.0 Å². The maximum atomic E-state index is 12.8. The molecule has 7 nitrogen and oxygen atoms in total. The number of carbonyl (C=O) groups excluding carboxylic acids is 3. The van der Waals surface area contributed by atoms with Crippen molar-refractivity contribution >= 4 is 29.7 Å². The first-order chi connectivity index (χ1) is 13.6. The number of rotatable bonds is 5. The fourth-order valence-electron chi connectivity index (χ4n) is 3.05. The van der Waals surface area contributed by atoms with Crippen molar-refractivity contribution in [2.45, 2.75) is 62.3 Å². The third-order valence-electron chi connectivity index (χ3n) is 4.57. The Morgan fingerprint density at radius 1 is 1.17 bits per heavy atom. The summed E-state index contributed by atoms with van der Waals surface area (Å²) in [7, 11) is 1.35. The minimum Gasteiger partial charge on any atom is -0.468 e. The van der Waals surface area contributed by atoms with E-state index in [0.717, 1.165) is 4.90 Å². The molecule has 0 spiro atoms. The Kier molecular flexibility index (Phi) is 7.96. The first-order valence-corrected chi connectivity index (χ1v) is 10.7. The topological polar surface area (TPSA) is 87.7 Å². The molecule has 1 saturated heterocycles. The Balaban J connectivity index is 1.93. The van der Waals surface area contributed by atoms with Crippen molar-refractivity contribution in [3.8, 4) is 0 Å². The number of amides is 3. The van der Waals surface area contributed by atoms with Crippen LogP contribution in [0.2, 0.25) is 0 Å². The Hall–Kier alpha value is -2.22. The monoisotopic (exact) mass is 421 g/mol. The van der Waals surface area contributed by atoms with E-state index in [4.69, 9.17) is 4.74 Å². The van der Waals surface area contributed by atoms with Crippen LogP contribution in [0.5, 0.6) is 0 Å².